The minimum Gasteiger partial charge on any atom is -0.484 e. The van der Waals surface area contributed by atoms with Crippen LogP contribution in [0.25, 0.3) is 20.8 Å². The number of non-ortho nitro benzene ring substituents is 1. The topological polar surface area (TPSA) is 94.4 Å². The predicted octanol–water partition coefficient (Wildman–Crippen LogP) is 4.89. The quantitative estimate of drug-likeness (QED) is 0.364. The van der Waals surface area contributed by atoms with Crippen LogP contribution in [0.2, 0.25) is 0 Å². The van der Waals surface area contributed by atoms with E-state index in [2.05, 4.69) is 10.3 Å². The van der Waals surface area contributed by atoms with Crippen LogP contribution >= 0.6 is 11.3 Å². The summed E-state index contributed by atoms with van der Waals surface area (Å²) in [6, 6.07) is 21.0. The van der Waals surface area contributed by atoms with Crippen LogP contribution in [-0.4, -0.2) is 22.4 Å². The van der Waals surface area contributed by atoms with Crippen LogP contribution in [0.1, 0.15) is 0 Å². The second-order valence-corrected chi connectivity index (χ2v) is 7.19. The van der Waals surface area contributed by atoms with Crippen LogP contribution in [0.3, 0.4) is 0 Å². The molecule has 7 nitrogen and oxygen atoms in total. The smallest absolute Gasteiger partial charge is 0.273 e. The molecule has 29 heavy (non-hydrogen) atoms. The Labute approximate surface area is 169 Å². The largest absolute Gasteiger partial charge is 0.484 e. The first kappa shape index (κ1) is 18.6. The molecule has 0 unspecified atom stereocenters. The molecule has 1 heterocycles. The monoisotopic (exact) mass is 405 g/mol. The standard InChI is InChI=1S/C21H15N3O4S/c25-20(13-28-17-8-4-7-16(12-17)24(26)27)22-15-6-3-5-14(11-15)21-23-18-9-1-2-10-19(18)29-21/h1-12H,13H2,(H,22,25). The molecule has 1 N–H and O–H groups in total. The van der Waals surface area contributed by atoms with Gasteiger partial charge in [-0.3, -0.25) is 14.9 Å². The molecule has 8 heteroatoms. The maximum Gasteiger partial charge on any atom is 0.273 e. The molecule has 0 saturated carbocycles. The van der Waals surface area contributed by atoms with Gasteiger partial charge in [0.25, 0.3) is 11.6 Å². The zero-order chi connectivity index (χ0) is 20.2. The first-order chi connectivity index (χ1) is 14.1. The van der Waals surface area contributed by atoms with E-state index < -0.39 is 4.92 Å². The fourth-order valence-electron chi connectivity index (χ4n) is 2.76. The zero-order valence-corrected chi connectivity index (χ0v) is 15.9. The minimum atomic E-state index is -0.513. The molecule has 0 saturated heterocycles. The highest BCUT2D eigenvalue weighted by Crippen LogP contribution is 2.31. The second-order valence-electron chi connectivity index (χ2n) is 6.16. The number of benzene rings is 3. The maximum absolute atomic E-state index is 12.2. The van der Waals surface area contributed by atoms with Crippen molar-refractivity contribution in [1.82, 2.24) is 4.98 Å². The van der Waals surface area contributed by atoms with E-state index in [9.17, 15) is 14.9 Å². The highest BCUT2D eigenvalue weighted by molar-refractivity contribution is 7.21. The van der Waals surface area contributed by atoms with Gasteiger partial charge in [0.2, 0.25) is 0 Å². The van der Waals surface area contributed by atoms with Gasteiger partial charge in [-0.05, 0) is 30.3 Å². The van der Waals surface area contributed by atoms with Gasteiger partial charge in [0.1, 0.15) is 10.8 Å². The number of aromatic nitrogens is 1. The molecule has 0 aliphatic carbocycles. The van der Waals surface area contributed by atoms with E-state index in [0.29, 0.717) is 5.69 Å². The van der Waals surface area contributed by atoms with Crippen LogP contribution < -0.4 is 10.1 Å². The van der Waals surface area contributed by atoms with Crippen LogP contribution in [0.15, 0.2) is 72.8 Å². The normalized spacial score (nSPS) is 10.6. The van der Waals surface area contributed by atoms with Crippen LogP contribution in [0, 0.1) is 10.1 Å². The first-order valence-electron chi connectivity index (χ1n) is 8.71. The number of para-hydroxylation sites is 1. The molecule has 144 valence electrons. The Morgan fingerprint density at radius 2 is 1.90 bits per heavy atom. The summed E-state index contributed by atoms with van der Waals surface area (Å²) in [6.07, 6.45) is 0. The van der Waals surface area contributed by atoms with Crippen molar-refractivity contribution in [3.63, 3.8) is 0 Å². The molecule has 1 aromatic heterocycles. The first-order valence-corrected chi connectivity index (χ1v) is 9.53. The fraction of sp³-hybridized carbons (Fsp3) is 0.0476. The zero-order valence-electron chi connectivity index (χ0n) is 15.1. The highest BCUT2D eigenvalue weighted by Gasteiger charge is 2.10. The number of carbonyl (C=O) groups is 1. The van der Waals surface area contributed by atoms with E-state index in [0.717, 1.165) is 20.8 Å². The number of nitrogens with one attached hydrogen (secondary N) is 1. The maximum atomic E-state index is 12.2. The summed E-state index contributed by atoms with van der Waals surface area (Å²) in [5.74, 6) is -0.101. The lowest BCUT2D eigenvalue weighted by Gasteiger charge is -2.08. The van der Waals surface area contributed by atoms with E-state index in [1.165, 1.54) is 18.2 Å². The SMILES string of the molecule is O=C(COc1cccc([N+](=O)[O-])c1)Nc1cccc(-c2nc3ccccc3s2)c1. The summed E-state index contributed by atoms with van der Waals surface area (Å²) in [5.41, 5.74) is 2.37. The van der Waals surface area contributed by atoms with E-state index in [1.54, 1.807) is 23.5 Å². The summed E-state index contributed by atoms with van der Waals surface area (Å²) in [6.45, 7) is -0.257. The van der Waals surface area contributed by atoms with Crippen molar-refractivity contribution < 1.29 is 14.5 Å². The van der Waals surface area contributed by atoms with Crippen molar-refractivity contribution in [3.05, 3.63) is 82.9 Å². The summed E-state index contributed by atoms with van der Waals surface area (Å²) in [5, 5.41) is 14.4. The molecule has 4 aromatic rings. The number of thiazole rings is 1. The van der Waals surface area contributed by atoms with Crippen molar-refractivity contribution in [2.24, 2.45) is 0 Å². The third-order valence-corrected chi connectivity index (χ3v) is 5.17. The molecule has 0 aliphatic heterocycles. The molecule has 3 aromatic carbocycles. The minimum absolute atomic E-state index is 0.0913. The molecule has 0 aliphatic rings. The summed E-state index contributed by atoms with van der Waals surface area (Å²) >= 11 is 1.59. The van der Waals surface area contributed by atoms with Gasteiger partial charge in [-0.2, -0.15) is 0 Å². The lowest BCUT2D eigenvalue weighted by molar-refractivity contribution is -0.384. The van der Waals surface area contributed by atoms with Crippen molar-refractivity contribution in [2.75, 3.05) is 11.9 Å². The third kappa shape index (κ3) is 4.39. The fourth-order valence-corrected chi connectivity index (χ4v) is 3.72. The number of hydrogen-bond donors (Lipinski definition) is 1. The van der Waals surface area contributed by atoms with Gasteiger partial charge in [0.05, 0.1) is 21.2 Å². The average Bonchev–Trinajstić information content (AvgIpc) is 3.17. The molecule has 0 spiro atoms. The molecule has 0 fully saturated rings. The van der Waals surface area contributed by atoms with Crippen molar-refractivity contribution in [1.29, 1.82) is 0 Å². The third-order valence-electron chi connectivity index (χ3n) is 4.09. The number of hydrogen-bond acceptors (Lipinski definition) is 6. The van der Waals surface area contributed by atoms with Gasteiger partial charge in [0.15, 0.2) is 6.61 Å². The Morgan fingerprint density at radius 1 is 1.07 bits per heavy atom. The number of nitro benzene ring substituents is 1. The van der Waals surface area contributed by atoms with Crippen LogP contribution in [0.4, 0.5) is 11.4 Å². The second kappa shape index (κ2) is 8.07. The summed E-state index contributed by atoms with van der Waals surface area (Å²) in [7, 11) is 0. The lowest BCUT2D eigenvalue weighted by Crippen LogP contribution is -2.20. The Hall–Kier alpha value is -3.78. The predicted molar refractivity (Wildman–Crippen MR) is 112 cm³/mol. The molecule has 0 radical (unpaired) electrons. The van der Waals surface area contributed by atoms with Gasteiger partial charge in [-0.1, -0.05) is 30.3 Å². The van der Waals surface area contributed by atoms with Gasteiger partial charge in [0, 0.05) is 17.3 Å². The number of ether oxygens (including phenoxy) is 1. The van der Waals surface area contributed by atoms with Gasteiger partial charge in [-0.15, -0.1) is 11.3 Å². The van der Waals surface area contributed by atoms with Crippen molar-refractivity contribution in [3.8, 4) is 16.3 Å². The van der Waals surface area contributed by atoms with Crippen LogP contribution in [0.5, 0.6) is 5.75 Å². The molecule has 0 bridgehead atoms. The van der Waals surface area contributed by atoms with E-state index in [1.807, 2.05) is 42.5 Å². The Morgan fingerprint density at radius 3 is 2.72 bits per heavy atom. The van der Waals surface area contributed by atoms with Crippen molar-refractivity contribution >= 4 is 38.8 Å². The summed E-state index contributed by atoms with van der Waals surface area (Å²) < 4.78 is 6.46. The number of rotatable bonds is 6. The Balaban J connectivity index is 1.43. The molecule has 4 rings (SSSR count). The lowest BCUT2D eigenvalue weighted by atomic mass is 10.2. The van der Waals surface area contributed by atoms with Crippen LogP contribution in [-0.2, 0) is 4.79 Å². The Kier molecular flexibility index (Phi) is 5.17. The highest BCUT2D eigenvalue weighted by atomic mass is 32.1. The molecule has 0 atom stereocenters. The average molecular weight is 405 g/mol. The van der Waals surface area contributed by atoms with Gasteiger partial charge < -0.3 is 10.1 Å². The number of nitro groups is 1. The molecular weight excluding hydrogens is 390 g/mol. The van der Waals surface area contributed by atoms with E-state index in [-0.39, 0.29) is 24.0 Å². The number of fused-ring (bicyclic) bond motifs is 1. The number of anilines is 1. The molecule has 1 amide bonds. The van der Waals surface area contributed by atoms with Gasteiger partial charge >= 0.3 is 0 Å². The molecular formula is C21H15N3O4S. The van der Waals surface area contributed by atoms with Gasteiger partial charge in [-0.25, -0.2) is 4.98 Å². The Bertz CT molecular complexity index is 1170. The van der Waals surface area contributed by atoms with Crippen molar-refractivity contribution in [2.45, 2.75) is 0 Å². The van der Waals surface area contributed by atoms with E-state index in [4.69, 9.17) is 4.74 Å². The number of nitrogens with zero attached hydrogens (tertiary/aromatic N) is 2. The number of amides is 1. The number of carbonyl (C=O) groups excluding carboxylic acids is 1. The summed E-state index contributed by atoms with van der Waals surface area (Å²) in [4.78, 5) is 27.1. The van der Waals surface area contributed by atoms with E-state index >= 15 is 0 Å².